The maximum atomic E-state index is 13.4. The van der Waals surface area contributed by atoms with Crippen LogP contribution in [0.4, 0.5) is 4.79 Å². The van der Waals surface area contributed by atoms with Gasteiger partial charge in [-0.25, -0.2) is 9.48 Å². The summed E-state index contributed by atoms with van der Waals surface area (Å²) in [5, 5.41) is 26.9. The molecule has 0 bridgehead atoms. The minimum atomic E-state index is -0.632. The topological polar surface area (TPSA) is 121 Å². The van der Waals surface area contributed by atoms with Gasteiger partial charge in [0.1, 0.15) is 17.4 Å². The van der Waals surface area contributed by atoms with Gasteiger partial charge in [-0.3, -0.25) is 4.79 Å². The number of phenols is 1. The molecule has 10 nitrogen and oxygen atoms in total. The molecule has 0 spiro atoms. The highest BCUT2D eigenvalue weighted by atomic mass is 16.6. The monoisotopic (exact) mass is 445 g/mol. The van der Waals surface area contributed by atoms with E-state index in [4.69, 9.17) is 9.84 Å². The minimum Gasteiger partial charge on any atom is -0.508 e. The Morgan fingerprint density at radius 1 is 1.09 bits per heavy atom. The number of aromatic nitrogens is 3. The van der Waals surface area contributed by atoms with Crippen LogP contribution in [-0.2, 0) is 22.4 Å². The van der Waals surface area contributed by atoms with Crippen LogP contribution in [0.25, 0.3) is 0 Å². The molecule has 2 amide bonds. The van der Waals surface area contributed by atoms with Crippen LogP contribution < -0.4 is 0 Å². The molecule has 1 aromatic carbocycles. The number of amides is 2. The number of hydrogen-bond acceptors (Lipinski definition) is 7. The molecule has 174 valence electrons. The van der Waals surface area contributed by atoms with Crippen molar-refractivity contribution in [3.63, 3.8) is 0 Å². The normalized spacial score (nSPS) is 15.5. The zero-order valence-electron chi connectivity index (χ0n) is 18.8. The van der Waals surface area contributed by atoms with Gasteiger partial charge in [0, 0.05) is 51.8 Å². The second-order valence-corrected chi connectivity index (χ2v) is 8.84. The van der Waals surface area contributed by atoms with E-state index < -0.39 is 11.6 Å². The molecule has 10 heteroatoms. The van der Waals surface area contributed by atoms with Gasteiger partial charge in [-0.15, -0.1) is 5.10 Å². The van der Waals surface area contributed by atoms with Crippen LogP contribution in [0.15, 0.2) is 30.5 Å². The van der Waals surface area contributed by atoms with Gasteiger partial charge in [-0.1, -0.05) is 17.3 Å². The number of ether oxygens (including phenoxy) is 1. The van der Waals surface area contributed by atoms with E-state index in [1.807, 2.05) is 20.8 Å². The molecule has 1 saturated heterocycles. The zero-order valence-corrected chi connectivity index (χ0v) is 18.8. The van der Waals surface area contributed by atoms with E-state index in [0.29, 0.717) is 44.7 Å². The highest BCUT2D eigenvalue weighted by Crippen LogP contribution is 2.21. The SMILES string of the molecule is CC(C)(C)OC(=O)N1CCN(C(=O)[C@H](Cc2ccc(O)cc2)n2cc(CCO)nn2)CC1. The fraction of sp³-hybridized carbons (Fsp3) is 0.545. The van der Waals surface area contributed by atoms with Crippen LogP contribution in [0.2, 0.25) is 0 Å². The lowest BCUT2D eigenvalue weighted by molar-refractivity contribution is -0.136. The summed E-state index contributed by atoms with van der Waals surface area (Å²) in [6.45, 7) is 6.97. The van der Waals surface area contributed by atoms with Gasteiger partial charge in [0.15, 0.2) is 0 Å². The summed E-state index contributed by atoms with van der Waals surface area (Å²) < 4.78 is 6.95. The van der Waals surface area contributed by atoms with Crippen LogP contribution in [0, 0.1) is 0 Å². The number of benzene rings is 1. The molecule has 1 atom stereocenters. The van der Waals surface area contributed by atoms with Crippen molar-refractivity contribution in [1.82, 2.24) is 24.8 Å². The van der Waals surface area contributed by atoms with Crippen molar-refractivity contribution in [3.05, 3.63) is 41.7 Å². The lowest BCUT2D eigenvalue weighted by Crippen LogP contribution is -2.53. The molecule has 0 unspecified atom stereocenters. The third kappa shape index (κ3) is 6.19. The summed E-state index contributed by atoms with van der Waals surface area (Å²) in [6.07, 6.45) is 2.02. The lowest BCUT2D eigenvalue weighted by Gasteiger charge is -2.37. The number of aliphatic hydroxyl groups is 1. The second-order valence-electron chi connectivity index (χ2n) is 8.84. The Labute approximate surface area is 187 Å². The first-order chi connectivity index (χ1) is 15.2. The average molecular weight is 446 g/mol. The van der Waals surface area contributed by atoms with Crippen LogP contribution >= 0.6 is 0 Å². The minimum absolute atomic E-state index is 0.0537. The smallest absolute Gasteiger partial charge is 0.410 e. The largest absolute Gasteiger partial charge is 0.508 e. The highest BCUT2D eigenvalue weighted by molar-refractivity contribution is 5.81. The molecular formula is C22H31N5O5. The number of nitrogens with zero attached hydrogens (tertiary/aromatic N) is 5. The van der Waals surface area contributed by atoms with Crippen molar-refractivity contribution in [2.75, 3.05) is 32.8 Å². The number of rotatable bonds is 6. The summed E-state index contributed by atoms with van der Waals surface area (Å²) in [7, 11) is 0. The van der Waals surface area contributed by atoms with Gasteiger partial charge in [0.2, 0.25) is 5.91 Å². The Balaban J connectivity index is 1.72. The zero-order chi connectivity index (χ0) is 23.3. The summed E-state index contributed by atoms with van der Waals surface area (Å²) in [5.41, 5.74) is 0.900. The number of carbonyl (C=O) groups is 2. The Bertz CT molecular complexity index is 914. The fourth-order valence-corrected chi connectivity index (χ4v) is 3.49. The van der Waals surface area contributed by atoms with Crippen molar-refractivity contribution in [1.29, 1.82) is 0 Å². The number of aromatic hydroxyl groups is 1. The Morgan fingerprint density at radius 2 is 1.72 bits per heavy atom. The van der Waals surface area contributed by atoms with Crippen molar-refractivity contribution < 1.29 is 24.5 Å². The lowest BCUT2D eigenvalue weighted by atomic mass is 10.0. The fourth-order valence-electron chi connectivity index (χ4n) is 3.49. The number of aliphatic hydroxyl groups excluding tert-OH is 1. The molecule has 1 aromatic heterocycles. The molecule has 3 rings (SSSR count). The Kier molecular flexibility index (Phi) is 7.34. The van der Waals surface area contributed by atoms with Crippen molar-refractivity contribution in [2.45, 2.75) is 45.3 Å². The van der Waals surface area contributed by atoms with E-state index in [0.717, 1.165) is 5.56 Å². The molecule has 2 heterocycles. The van der Waals surface area contributed by atoms with Gasteiger partial charge >= 0.3 is 6.09 Å². The summed E-state index contributed by atoms with van der Waals surface area (Å²) in [6, 6.07) is 6.06. The second kappa shape index (κ2) is 9.99. The van der Waals surface area contributed by atoms with E-state index in [2.05, 4.69) is 10.3 Å². The summed E-state index contributed by atoms with van der Waals surface area (Å²) in [4.78, 5) is 29.1. The predicted molar refractivity (Wildman–Crippen MR) is 116 cm³/mol. The van der Waals surface area contributed by atoms with E-state index in [9.17, 15) is 14.7 Å². The van der Waals surface area contributed by atoms with Crippen molar-refractivity contribution in [2.24, 2.45) is 0 Å². The first-order valence-electron chi connectivity index (χ1n) is 10.7. The summed E-state index contributed by atoms with van der Waals surface area (Å²) in [5.74, 6) is 0.0308. The van der Waals surface area contributed by atoms with Crippen LogP contribution in [0.3, 0.4) is 0 Å². The van der Waals surface area contributed by atoms with Gasteiger partial charge in [0.05, 0.1) is 5.69 Å². The van der Waals surface area contributed by atoms with Gasteiger partial charge in [-0.2, -0.15) is 0 Å². The highest BCUT2D eigenvalue weighted by Gasteiger charge is 2.32. The molecular weight excluding hydrogens is 414 g/mol. The maximum Gasteiger partial charge on any atom is 0.410 e. The third-order valence-electron chi connectivity index (χ3n) is 5.14. The quantitative estimate of drug-likeness (QED) is 0.689. The molecule has 2 aromatic rings. The molecule has 32 heavy (non-hydrogen) atoms. The number of hydrogen-bond donors (Lipinski definition) is 2. The molecule has 0 saturated carbocycles. The van der Waals surface area contributed by atoms with Gasteiger partial charge in [0.25, 0.3) is 0 Å². The van der Waals surface area contributed by atoms with E-state index >= 15 is 0 Å². The first kappa shape index (κ1) is 23.5. The van der Waals surface area contributed by atoms with Crippen LogP contribution in [0.1, 0.15) is 38.1 Å². The van der Waals surface area contributed by atoms with Gasteiger partial charge in [-0.05, 0) is 38.5 Å². The molecule has 2 N–H and O–H groups in total. The number of carbonyl (C=O) groups excluding carboxylic acids is 2. The van der Waals surface area contributed by atoms with E-state index in [1.54, 1.807) is 40.3 Å². The van der Waals surface area contributed by atoms with Crippen molar-refractivity contribution in [3.8, 4) is 5.75 Å². The molecule has 1 aliphatic heterocycles. The predicted octanol–water partition coefficient (Wildman–Crippen LogP) is 1.38. The van der Waals surface area contributed by atoms with Gasteiger partial charge < -0.3 is 24.7 Å². The number of piperazine rings is 1. The third-order valence-corrected chi connectivity index (χ3v) is 5.14. The Hall–Kier alpha value is -3.14. The molecule has 1 aliphatic rings. The average Bonchev–Trinajstić information content (AvgIpc) is 3.20. The maximum absolute atomic E-state index is 13.4. The Morgan fingerprint density at radius 3 is 2.31 bits per heavy atom. The summed E-state index contributed by atoms with van der Waals surface area (Å²) >= 11 is 0. The first-order valence-corrected chi connectivity index (χ1v) is 10.7. The van der Waals surface area contributed by atoms with Crippen LogP contribution in [-0.4, -0.2) is 85.4 Å². The standard InChI is InChI=1S/C22H31N5O5/c1-22(2,3)32-21(31)26-11-9-25(10-12-26)20(30)19(14-16-4-6-18(29)7-5-16)27-15-17(8-13-28)23-24-27/h4-7,15,19,28-29H,8-14H2,1-3H3/t19-/m0/s1. The molecule has 0 radical (unpaired) electrons. The van der Waals surface area contributed by atoms with Crippen molar-refractivity contribution >= 4 is 12.0 Å². The molecule has 0 aliphatic carbocycles. The van der Waals surface area contributed by atoms with E-state index in [-0.39, 0.29) is 24.4 Å². The molecule has 1 fully saturated rings. The number of phenolic OH excluding ortho intramolecular Hbond substituents is 1. The van der Waals surface area contributed by atoms with Crippen LogP contribution in [0.5, 0.6) is 5.75 Å². The van der Waals surface area contributed by atoms with E-state index in [1.165, 1.54) is 4.68 Å².